The van der Waals surface area contributed by atoms with Crippen LogP contribution in [0.3, 0.4) is 0 Å². The number of aromatic nitrogens is 1. The first-order chi connectivity index (χ1) is 12.8. The number of morpholine rings is 1. The van der Waals surface area contributed by atoms with E-state index in [0.717, 1.165) is 67.4 Å². The molecule has 26 heavy (non-hydrogen) atoms. The SMILES string of the molecule is Fc1cc2c(cc1OC1CC1)C(c1ccnc(N3CCOCC3)c1)=NC2. The number of anilines is 1. The van der Waals surface area contributed by atoms with Crippen molar-refractivity contribution in [3.05, 3.63) is 53.0 Å². The van der Waals surface area contributed by atoms with Gasteiger partial charge in [0, 0.05) is 30.4 Å². The molecule has 5 rings (SSSR count). The van der Waals surface area contributed by atoms with Gasteiger partial charge in [0.1, 0.15) is 5.82 Å². The second kappa shape index (κ2) is 6.36. The van der Waals surface area contributed by atoms with Crippen molar-refractivity contribution in [2.24, 2.45) is 4.99 Å². The van der Waals surface area contributed by atoms with Crippen molar-refractivity contribution in [3.8, 4) is 5.75 Å². The fraction of sp³-hybridized carbons (Fsp3) is 0.400. The highest BCUT2D eigenvalue weighted by atomic mass is 19.1. The van der Waals surface area contributed by atoms with Gasteiger partial charge in [-0.15, -0.1) is 0 Å². The molecule has 3 aliphatic rings. The zero-order valence-electron chi connectivity index (χ0n) is 14.4. The third kappa shape index (κ3) is 2.94. The van der Waals surface area contributed by atoms with Crippen molar-refractivity contribution >= 4 is 11.5 Å². The molecule has 2 aliphatic heterocycles. The molecule has 2 aromatic rings. The van der Waals surface area contributed by atoms with Gasteiger partial charge in [0.05, 0.1) is 31.6 Å². The van der Waals surface area contributed by atoms with Crippen molar-refractivity contribution in [2.75, 3.05) is 31.2 Å². The van der Waals surface area contributed by atoms with E-state index < -0.39 is 0 Å². The molecule has 134 valence electrons. The average molecular weight is 353 g/mol. The molecule has 1 aromatic heterocycles. The lowest BCUT2D eigenvalue weighted by Crippen LogP contribution is -2.36. The summed E-state index contributed by atoms with van der Waals surface area (Å²) in [5.74, 6) is 0.970. The summed E-state index contributed by atoms with van der Waals surface area (Å²) in [5.41, 5.74) is 3.76. The van der Waals surface area contributed by atoms with Crippen LogP contribution in [0.4, 0.5) is 10.2 Å². The molecule has 0 unspecified atom stereocenters. The first kappa shape index (κ1) is 15.8. The second-order valence-electron chi connectivity index (χ2n) is 6.92. The second-order valence-corrected chi connectivity index (χ2v) is 6.92. The maximum absolute atomic E-state index is 14.3. The third-order valence-electron chi connectivity index (χ3n) is 4.99. The zero-order valence-corrected chi connectivity index (χ0v) is 14.4. The Morgan fingerprint density at radius 3 is 2.81 bits per heavy atom. The fourth-order valence-electron chi connectivity index (χ4n) is 3.43. The van der Waals surface area contributed by atoms with Gasteiger partial charge in [-0.25, -0.2) is 9.37 Å². The van der Waals surface area contributed by atoms with Crippen LogP contribution in [-0.2, 0) is 11.3 Å². The van der Waals surface area contributed by atoms with Gasteiger partial charge in [0.2, 0.25) is 0 Å². The van der Waals surface area contributed by atoms with Gasteiger partial charge in [-0.3, -0.25) is 4.99 Å². The molecule has 5 nitrogen and oxygen atoms in total. The number of pyridine rings is 1. The van der Waals surface area contributed by atoms with Crippen LogP contribution in [0.15, 0.2) is 35.5 Å². The fourth-order valence-corrected chi connectivity index (χ4v) is 3.43. The summed E-state index contributed by atoms with van der Waals surface area (Å²) < 4.78 is 25.4. The van der Waals surface area contributed by atoms with Crippen LogP contribution >= 0.6 is 0 Å². The summed E-state index contributed by atoms with van der Waals surface area (Å²) in [4.78, 5) is 11.4. The van der Waals surface area contributed by atoms with Gasteiger partial charge < -0.3 is 14.4 Å². The van der Waals surface area contributed by atoms with Crippen LogP contribution in [0.1, 0.15) is 29.5 Å². The molecule has 1 aliphatic carbocycles. The molecule has 0 atom stereocenters. The van der Waals surface area contributed by atoms with Gasteiger partial charge in [-0.1, -0.05) is 0 Å². The number of nitrogens with zero attached hydrogens (tertiary/aromatic N) is 3. The minimum Gasteiger partial charge on any atom is -0.487 e. The summed E-state index contributed by atoms with van der Waals surface area (Å²) in [6.45, 7) is 3.61. The summed E-state index contributed by atoms with van der Waals surface area (Å²) in [5, 5.41) is 0. The standard InChI is InChI=1S/C20H20FN3O2/c21-17-9-14-12-23-20(16(14)11-18(17)26-15-1-2-15)13-3-4-22-19(10-13)24-5-7-25-8-6-24/h3-4,9-11,15H,1-2,5-8,12H2. The third-order valence-corrected chi connectivity index (χ3v) is 4.99. The minimum absolute atomic E-state index is 0.165. The lowest BCUT2D eigenvalue weighted by atomic mass is 10.00. The van der Waals surface area contributed by atoms with Gasteiger partial charge in [-0.2, -0.15) is 0 Å². The highest BCUT2D eigenvalue weighted by Crippen LogP contribution is 2.33. The molecule has 0 bridgehead atoms. The predicted molar refractivity (Wildman–Crippen MR) is 96.7 cm³/mol. The molecule has 1 aromatic carbocycles. The van der Waals surface area contributed by atoms with Crippen molar-refractivity contribution in [1.82, 2.24) is 4.98 Å². The Morgan fingerprint density at radius 1 is 1.15 bits per heavy atom. The molecule has 0 N–H and O–H groups in total. The van der Waals surface area contributed by atoms with Crippen LogP contribution in [0.5, 0.6) is 5.75 Å². The molecule has 3 heterocycles. The Bertz CT molecular complexity index is 873. The number of rotatable bonds is 4. The summed E-state index contributed by atoms with van der Waals surface area (Å²) in [6.07, 6.45) is 3.99. The van der Waals surface area contributed by atoms with Crippen molar-refractivity contribution < 1.29 is 13.9 Å². The van der Waals surface area contributed by atoms with Crippen LogP contribution < -0.4 is 9.64 Å². The normalized spacial score (nSPS) is 19.3. The molecular weight excluding hydrogens is 333 g/mol. The monoisotopic (exact) mass is 353 g/mol. The molecule has 0 spiro atoms. The van der Waals surface area contributed by atoms with E-state index in [9.17, 15) is 4.39 Å². The van der Waals surface area contributed by atoms with E-state index in [1.54, 1.807) is 6.07 Å². The number of halogens is 1. The average Bonchev–Trinajstić information content (AvgIpc) is 3.41. The van der Waals surface area contributed by atoms with E-state index in [1.165, 1.54) is 0 Å². The van der Waals surface area contributed by atoms with Gasteiger partial charge in [0.15, 0.2) is 11.6 Å². The number of hydrogen-bond acceptors (Lipinski definition) is 5. The molecular formula is C20H20FN3O2. The van der Waals surface area contributed by atoms with Gasteiger partial charge in [0.25, 0.3) is 0 Å². The first-order valence-electron chi connectivity index (χ1n) is 9.11. The van der Waals surface area contributed by atoms with Gasteiger partial charge in [-0.05, 0) is 42.7 Å². The van der Waals surface area contributed by atoms with E-state index in [2.05, 4.69) is 20.9 Å². The van der Waals surface area contributed by atoms with E-state index >= 15 is 0 Å². The first-order valence-corrected chi connectivity index (χ1v) is 9.11. The molecule has 1 saturated carbocycles. The Balaban J connectivity index is 1.47. The van der Waals surface area contributed by atoms with Crippen molar-refractivity contribution in [2.45, 2.75) is 25.5 Å². The number of hydrogen-bond donors (Lipinski definition) is 0. The maximum Gasteiger partial charge on any atom is 0.165 e. The van der Waals surface area contributed by atoms with Crippen LogP contribution in [0.2, 0.25) is 0 Å². The quantitative estimate of drug-likeness (QED) is 0.848. The van der Waals surface area contributed by atoms with E-state index in [1.807, 2.05) is 18.3 Å². The van der Waals surface area contributed by atoms with E-state index in [0.29, 0.717) is 12.3 Å². The van der Waals surface area contributed by atoms with Gasteiger partial charge >= 0.3 is 0 Å². The van der Waals surface area contributed by atoms with Crippen molar-refractivity contribution in [1.29, 1.82) is 0 Å². The highest BCUT2D eigenvalue weighted by Gasteiger charge is 2.27. The Kier molecular flexibility index (Phi) is 3.85. The lowest BCUT2D eigenvalue weighted by Gasteiger charge is -2.28. The highest BCUT2D eigenvalue weighted by molar-refractivity contribution is 6.15. The smallest absolute Gasteiger partial charge is 0.165 e. The largest absolute Gasteiger partial charge is 0.487 e. The van der Waals surface area contributed by atoms with Crippen LogP contribution in [0.25, 0.3) is 0 Å². The van der Waals surface area contributed by atoms with Crippen molar-refractivity contribution in [3.63, 3.8) is 0 Å². The summed E-state index contributed by atoms with van der Waals surface area (Å²) in [7, 11) is 0. The lowest BCUT2D eigenvalue weighted by molar-refractivity contribution is 0.122. The van der Waals surface area contributed by atoms with Crippen LogP contribution in [-0.4, -0.2) is 43.1 Å². The molecule has 2 fully saturated rings. The van der Waals surface area contributed by atoms with E-state index in [4.69, 9.17) is 9.47 Å². The molecule has 0 amide bonds. The maximum atomic E-state index is 14.3. The minimum atomic E-state index is -0.296. The van der Waals surface area contributed by atoms with E-state index in [-0.39, 0.29) is 11.9 Å². The predicted octanol–water partition coefficient (Wildman–Crippen LogP) is 2.95. The Hall–Kier alpha value is -2.47. The van der Waals surface area contributed by atoms with Crippen LogP contribution in [0, 0.1) is 5.82 Å². The summed E-state index contributed by atoms with van der Waals surface area (Å²) >= 11 is 0. The summed E-state index contributed by atoms with van der Waals surface area (Å²) in [6, 6.07) is 7.39. The number of benzene rings is 1. The molecule has 6 heteroatoms. The zero-order chi connectivity index (χ0) is 17.5. The molecule has 1 saturated heterocycles. The number of fused-ring (bicyclic) bond motifs is 1. The topological polar surface area (TPSA) is 47.0 Å². The number of ether oxygens (including phenoxy) is 2. The number of aliphatic imine (C=N–C) groups is 1. The Labute approximate surface area is 151 Å². The Morgan fingerprint density at radius 2 is 2.00 bits per heavy atom. The molecule has 0 radical (unpaired) electrons.